The molecule has 1 fully saturated rings. The summed E-state index contributed by atoms with van der Waals surface area (Å²) in [4.78, 5) is 26.8. The first kappa shape index (κ1) is 26.1. The van der Waals surface area contributed by atoms with Gasteiger partial charge in [-0.1, -0.05) is 82.4 Å². The van der Waals surface area contributed by atoms with E-state index < -0.39 is 6.10 Å². The van der Waals surface area contributed by atoms with Crippen molar-refractivity contribution in [1.82, 2.24) is 4.90 Å². The van der Waals surface area contributed by atoms with Gasteiger partial charge in [0.25, 0.3) is 0 Å². The fourth-order valence-electron chi connectivity index (χ4n) is 4.43. The molecule has 0 spiro atoms. The molecule has 5 heteroatoms. The van der Waals surface area contributed by atoms with Crippen molar-refractivity contribution in [3.8, 4) is 0 Å². The molecular formula is C27H41NO4. The van der Waals surface area contributed by atoms with Crippen molar-refractivity contribution in [2.75, 3.05) is 0 Å². The number of hydrogen-bond donors (Lipinski definition) is 1. The van der Waals surface area contributed by atoms with Gasteiger partial charge < -0.3 is 9.84 Å². The van der Waals surface area contributed by atoms with E-state index in [1.54, 1.807) is 11.0 Å². The zero-order valence-corrected chi connectivity index (χ0v) is 19.9. The van der Waals surface area contributed by atoms with Gasteiger partial charge in [0.1, 0.15) is 6.61 Å². The van der Waals surface area contributed by atoms with Crippen molar-refractivity contribution in [1.29, 1.82) is 0 Å². The Bertz CT molecular complexity index is 703. The fraction of sp³-hybridized carbons (Fsp3) is 0.630. The largest absolute Gasteiger partial charge is 0.445 e. The number of nitrogens with zero attached hydrogens (tertiary/aromatic N) is 1. The Kier molecular flexibility index (Phi) is 12.1. The van der Waals surface area contributed by atoms with Crippen molar-refractivity contribution in [3.05, 3.63) is 48.0 Å². The molecule has 1 saturated heterocycles. The highest BCUT2D eigenvalue weighted by atomic mass is 16.6. The van der Waals surface area contributed by atoms with Gasteiger partial charge >= 0.3 is 6.09 Å². The maximum Gasteiger partial charge on any atom is 0.410 e. The number of ether oxygens (including phenoxy) is 1. The quantitative estimate of drug-likeness (QED) is 0.275. The van der Waals surface area contributed by atoms with Crippen LogP contribution in [-0.2, 0) is 16.1 Å². The predicted octanol–water partition coefficient (Wildman–Crippen LogP) is 6.19. The van der Waals surface area contributed by atoms with E-state index in [1.165, 1.54) is 19.3 Å². The summed E-state index contributed by atoms with van der Waals surface area (Å²) in [5.74, 6) is 0.153. The van der Waals surface area contributed by atoms with E-state index in [-0.39, 0.29) is 30.6 Å². The molecule has 1 aliphatic rings. The molecule has 1 N–H and O–H groups in total. The van der Waals surface area contributed by atoms with E-state index in [0.717, 1.165) is 37.7 Å². The lowest BCUT2D eigenvalue weighted by molar-refractivity contribution is -0.114. The fourth-order valence-corrected chi connectivity index (χ4v) is 4.43. The highest BCUT2D eigenvalue weighted by Gasteiger charge is 2.40. The van der Waals surface area contributed by atoms with Gasteiger partial charge in [-0.25, -0.2) is 4.79 Å². The minimum absolute atomic E-state index is 0.0524. The molecule has 1 amide bonds. The van der Waals surface area contributed by atoms with Crippen molar-refractivity contribution < 1.29 is 19.4 Å². The number of aliphatic hydroxyl groups is 1. The van der Waals surface area contributed by atoms with Crippen LogP contribution in [0.15, 0.2) is 42.5 Å². The average molecular weight is 444 g/mol. The number of hydrogen-bond acceptors (Lipinski definition) is 4. The number of rotatable bonds is 14. The molecule has 0 aromatic heterocycles. The first-order valence-electron chi connectivity index (χ1n) is 12.4. The Hall–Kier alpha value is -2.14. The van der Waals surface area contributed by atoms with Crippen LogP contribution in [0.2, 0.25) is 0 Å². The number of likely N-dealkylation sites (tertiary alicyclic amines) is 1. The van der Waals surface area contributed by atoms with Crippen LogP contribution in [-0.4, -0.2) is 40.1 Å². The number of carbonyl (C=O) groups is 2. The summed E-state index contributed by atoms with van der Waals surface area (Å²) in [6, 6.07) is 9.33. The molecule has 3 atom stereocenters. The molecule has 5 nitrogen and oxygen atoms in total. The maximum atomic E-state index is 13.0. The molecule has 178 valence electrons. The summed E-state index contributed by atoms with van der Waals surface area (Å²) >= 11 is 0. The summed E-state index contributed by atoms with van der Waals surface area (Å²) < 4.78 is 5.60. The Labute approximate surface area is 193 Å². The lowest BCUT2D eigenvalue weighted by Gasteiger charge is -2.32. The topological polar surface area (TPSA) is 66.8 Å². The van der Waals surface area contributed by atoms with Gasteiger partial charge in [0.05, 0.1) is 12.1 Å². The number of aliphatic hydroxyl groups excluding tert-OH is 1. The molecule has 0 saturated carbocycles. The summed E-state index contributed by atoms with van der Waals surface area (Å²) in [7, 11) is 0. The third-order valence-corrected chi connectivity index (χ3v) is 6.23. The Morgan fingerprint density at radius 1 is 1.09 bits per heavy atom. The number of allylic oxidation sites excluding steroid dienone is 1. The second-order valence-electron chi connectivity index (χ2n) is 8.87. The smallest absolute Gasteiger partial charge is 0.410 e. The third kappa shape index (κ3) is 8.78. The number of amides is 1. The Balaban J connectivity index is 1.91. The average Bonchev–Trinajstić information content (AvgIpc) is 3.22. The zero-order chi connectivity index (χ0) is 23.2. The summed E-state index contributed by atoms with van der Waals surface area (Å²) in [5.41, 5.74) is 0.937. The van der Waals surface area contributed by atoms with E-state index in [9.17, 15) is 14.7 Å². The number of unbranched alkanes of at least 4 members (excludes halogenated alkanes) is 4. The van der Waals surface area contributed by atoms with Gasteiger partial charge in [-0.3, -0.25) is 9.69 Å². The second kappa shape index (κ2) is 14.8. The van der Waals surface area contributed by atoms with Crippen LogP contribution in [0, 0.1) is 0 Å². The number of ketones is 1. The molecule has 0 radical (unpaired) electrons. The lowest BCUT2D eigenvalue weighted by Crippen LogP contribution is -2.46. The number of carbonyl (C=O) groups excluding carboxylic acids is 2. The van der Waals surface area contributed by atoms with Crippen LogP contribution in [0.3, 0.4) is 0 Å². The van der Waals surface area contributed by atoms with E-state index in [0.29, 0.717) is 19.3 Å². The lowest BCUT2D eigenvalue weighted by atomic mass is 10.0. The van der Waals surface area contributed by atoms with Crippen molar-refractivity contribution >= 4 is 11.9 Å². The Morgan fingerprint density at radius 2 is 1.84 bits per heavy atom. The van der Waals surface area contributed by atoms with E-state index in [2.05, 4.69) is 6.92 Å². The first-order valence-corrected chi connectivity index (χ1v) is 12.4. The van der Waals surface area contributed by atoms with Crippen molar-refractivity contribution in [2.24, 2.45) is 0 Å². The highest BCUT2D eigenvalue weighted by molar-refractivity contribution is 5.89. The Morgan fingerprint density at radius 3 is 2.56 bits per heavy atom. The molecule has 1 aromatic rings. The minimum atomic E-state index is -0.553. The standard InChI is InChI=1S/C27H41NO4/c1-3-5-6-7-11-17-24(29)18-12-16-23-19-20-25(26(30)13-4-2)28(23)27(31)32-21-22-14-9-8-10-15-22/h8-10,12,14-15,18,23,25-26,30H,3-7,11,13,16-17,19-21H2,1-2H3/b18-12+/t23-,25-,26-/m0/s1. The van der Waals surface area contributed by atoms with E-state index in [1.807, 2.05) is 43.3 Å². The van der Waals surface area contributed by atoms with Gasteiger partial charge in [-0.15, -0.1) is 0 Å². The van der Waals surface area contributed by atoms with Crippen LogP contribution >= 0.6 is 0 Å². The predicted molar refractivity (Wildman–Crippen MR) is 128 cm³/mol. The molecule has 0 unspecified atom stereocenters. The molecule has 2 rings (SSSR count). The van der Waals surface area contributed by atoms with E-state index in [4.69, 9.17) is 4.74 Å². The van der Waals surface area contributed by atoms with Gasteiger partial charge in [-0.05, 0) is 43.7 Å². The minimum Gasteiger partial charge on any atom is -0.445 e. The summed E-state index contributed by atoms with van der Waals surface area (Å²) in [6.45, 7) is 4.43. The number of benzene rings is 1. The zero-order valence-electron chi connectivity index (χ0n) is 19.9. The first-order chi connectivity index (χ1) is 15.6. The molecule has 1 aliphatic heterocycles. The van der Waals surface area contributed by atoms with Crippen LogP contribution in [0.5, 0.6) is 0 Å². The van der Waals surface area contributed by atoms with Gasteiger partial charge in [-0.2, -0.15) is 0 Å². The molecular weight excluding hydrogens is 402 g/mol. The SMILES string of the molecule is CCCCCCCC(=O)/C=C/C[C@H]1CC[C@@H]([C@@H](O)CCC)N1C(=O)OCc1ccccc1. The molecule has 0 aliphatic carbocycles. The van der Waals surface area contributed by atoms with Crippen molar-refractivity contribution in [3.63, 3.8) is 0 Å². The van der Waals surface area contributed by atoms with Crippen LogP contribution in [0.1, 0.15) is 90.0 Å². The van der Waals surface area contributed by atoms with Crippen LogP contribution < -0.4 is 0 Å². The third-order valence-electron chi connectivity index (χ3n) is 6.23. The van der Waals surface area contributed by atoms with E-state index >= 15 is 0 Å². The monoisotopic (exact) mass is 443 g/mol. The van der Waals surface area contributed by atoms with Crippen LogP contribution in [0.4, 0.5) is 4.79 Å². The summed E-state index contributed by atoms with van der Waals surface area (Å²) in [5, 5.41) is 10.6. The normalized spacial score (nSPS) is 19.4. The molecule has 1 aromatic carbocycles. The molecule has 0 bridgehead atoms. The molecule has 1 heterocycles. The van der Waals surface area contributed by atoms with Crippen LogP contribution in [0.25, 0.3) is 0 Å². The van der Waals surface area contributed by atoms with Gasteiger partial charge in [0, 0.05) is 12.5 Å². The van der Waals surface area contributed by atoms with Gasteiger partial charge in [0.15, 0.2) is 5.78 Å². The highest BCUT2D eigenvalue weighted by Crippen LogP contribution is 2.31. The maximum absolute atomic E-state index is 13.0. The second-order valence-corrected chi connectivity index (χ2v) is 8.87. The van der Waals surface area contributed by atoms with Crippen molar-refractivity contribution in [2.45, 2.75) is 109 Å². The molecule has 32 heavy (non-hydrogen) atoms. The summed E-state index contributed by atoms with van der Waals surface area (Å²) in [6.07, 6.45) is 12.6. The van der Waals surface area contributed by atoms with Gasteiger partial charge in [0.2, 0.25) is 0 Å².